The third kappa shape index (κ3) is 6.71. The highest BCUT2D eigenvalue weighted by atomic mass is 32.2. The standard InChI is InChI=1S/C13H17S.BF4/c1-2-13(14-10-6-7-11-14)12-8-4-3-5-9-12;2-1(3,4)5/h2-5,8-9,13H,1,6-7,10-11H2;/q+1;-1. The van der Waals surface area contributed by atoms with Crippen molar-refractivity contribution in [1.82, 2.24) is 0 Å². The van der Waals surface area contributed by atoms with Crippen LogP contribution in [0.4, 0.5) is 17.3 Å². The van der Waals surface area contributed by atoms with E-state index in [9.17, 15) is 17.3 Å². The summed E-state index contributed by atoms with van der Waals surface area (Å²) in [5.41, 5.74) is 1.45. The molecule has 1 aromatic carbocycles. The van der Waals surface area contributed by atoms with E-state index in [1.54, 1.807) is 0 Å². The summed E-state index contributed by atoms with van der Waals surface area (Å²) in [6.45, 7) is 3.99. The quantitative estimate of drug-likeness (QED) is 0.330. The zero-order chi connectivity index (χ0) is 14.3. The van der Waals surface area contributed by atoms with E-state index in [1.165, 1.54) is 29.9 Å². The van der Waals surface area contributed by atoms with Crippen LogP contribution in [0, 0.1) is 0 Å². The van der Waals surface area contributed by atoms with Crippen molar-refractivity contribution in [2.24, 2.45) is 0 Å². The summed E-state index contributed by atoms with van der Waals surface area (Å²) in [5.74, 6) is 2.82. The van der Waals surface area contributed by atoms with E-state index in [0.29, 0.717) is 16.1 Å². The third-order valence-corrected chi connectivity index (χ3v) is 5.57. The van der Waals surface area contributed by atoms with Crippen molar-refractivity contribution in [3.05, 3.63) is 48.6 Å². The minimum absolute atomic E-state index is 0.566. The highest BCUT2D eigenvalue weighted by molar-refractivity contribution is 7.97. The Balaban J connectivity index is 0.000000312. The van der Waals surface area contributed by atoms with Crippen LogP contribution in [0.5, 0.6) is 0 Å². The van der Waals surface area contributed by atoms with Crippen molar-refractivity contribution in [3.63, 3.8) is 0 Å². The Kier molecular flexibility index (Phi) is 6.48. The molecule has 0 nitrogen and oxygen atoms in total. The first kappa shape index (κ1) is 16.2. The fourth-order valence-electron chi connectivity index (χ4n) is 2.04. The van der Waals surface area contributed by atoms with Crippen LogP contribution in [0.2, 0.25) is 0 Å². The molecule has 6 heteroatoms. The number of hydrogen-bond acceptors (Lipinski definition) is 0. The van der Waals surface area contributed by atoms with E-state index in [0.717, 1.165) is 0 Å². The van der Waals surface area contributed by atoms with Crippen LogP contribution in [0.1, 0.15) is 23.7 Å². The molecule has 0 saturated carbocycles. The molecule has 1 aromatic rings. The van der Waals surface area contributed by atoms with Gasteiger partial charge in [-0.3, -0.25) is 0 Å². The molecule has 1 aliphatic rings. The molecule has 0 aliphatic carbocycles. The predicted molar refractivity (Wildman–Crippen MR) is 75.9 cm³/mol. The van der Waals surface area contributed by atoms with Gasteiger partial charge in [0, 0.05) is 5.56 Å². The van der Waals surface area contributed by atoms with Crippen LogP contribution >= 0.6 is 0 Å². The van der Waals surface area contributed by atoms with E-state index in [4.69, 9.17) is 0 Å². The summed E-state index contributed by atoms with van der Waals surface area (Å²) in [5, 5.41) is 0.610. The normalized spacial score (nSPS) is 17.5. The maximum Gasteiger partial charge on any atom is 0.673 e. The lowest BCUT2D eigenvalue weighted by molar-refractivity contribution is 0.368. The largest absolute Gasteiger partial charge is 0.673 e. The van der Waals surface area contributed by atoms with Crippen LogP contribution in [-0.4, -0.2) is 18.8 Å². The van der Waals surface area contributed by atoms with Crippen molar-refractivity contribution in [1.29, 1.82) is 0 Å². The van der Waals surface area contributed by atoms with Crippen LogP contribution in [0.3, 0.4) is 0 Å². The lowest BCUT2D eigenvalue weighted by Gasteiger charge is -2.11. The van der Waals surface area contributed by atoms with Gasteiger partial charge < -0.3 is 17.3 Å². The number of halogens is 4. The average Bonchev–Trinajstić information content (AvgIpc) is 2.83. The highest BCUT2D eigenvalue weighted by Crippen LogP contribution is 2.31. The van der Waals surface area contributed by atoms with Crippen LogP contribution in [-0.2, 0) is 10.9 Å². The van der Waals surface area contributed by atoms with Crippen molar-refractivity contribution in [2.75, 3.05) is 11.5 Å². The smallest absolute Gasteiger partial charge is 0.418 e. The van der Waals surface area contributed by atoms with Crippen LogP contribution in [0.15, 0.2) is 43.0 Å². The molecule has 106 valence electrons. The zero-order valence-electron chi connectivity index (χ0n) is 10.6. The van der Waals surface area contributed by atoms with Crippen LogP contribution < -0.4 is 0 Å². The lowest BCUT2D eigenvalue weighted by Crippen LogP contribution is -2.13. The maximum atomic E-state index is 9.75. The van der Waals surface area contributed by atoms with Gasteiger partial charge in [0.15, 0.2) is 5.25 Å². The predicted octanol–water partition coefficient (Wildman–Crippen LogP) is 4.63. The minimum atomic E-state index is -6.00. The SMILES string of the molecule is C=CC(c1ccccc1)[S+]1CCCC1.F[B-](F)(F)F. The number of benzene rings is 1. The molecule has 0 aromatic heterocycles. The fraction of sp³-hybridized carbons (Fsp3) is 0.385. The first-order chi connectivity index (χ1) is 8.92. The van der Waals surface area contributed by atoms with Crippen molar-refractivity contribution in [3.8, 4) is 0 Å². The Morgan fingerprint density at radius 1 is 1.05 bits per heavy atom. The van der Waals surface area contributed by atoms with Gasteiger partial charge in [-0.1, -0.05) is 36.9 Å². The van der Waals surface area contributed by atoms with Gasteiger partial charge >= 0.3 is 7.25 Å². The molecule has 0 radical (unpaired) electrons. The molecule has 1 saturated heterocycles. The zero-order valence-corrected chi connectivity index (χ0v) is 11.4. The summed E-state index contributed by atoms with van der Waals surface area (Å²) in [6, 6.07) is 10.8. The van der Waals surface area contributed by atoms with E-state index in [-0.39, 0.29) is 0 Å². The molecule has 0 N–H and O–H groups in total. The van der Waals surface area contributed by atoms with Gasteiger partial charge in [0.05, 0.1) is 0 Å². The van der Waals surface area contributed by atoms with Gasteiger partial charge in [-0.15, -0.1) is 0 Å². The Morgan fingerprint density at radius 2 is 1.53 bits per heavy atom. The third-order valence-electron chi connectivity index (χ3n) is 2.76. The summed E-state index contributed by atoms with van der Waals surface area (Å²) < 4.78 is 39.0. The Bertz CT molecular complexity index is 368. The monoisotopic (exact) mass is 292 g/mol. The Labute approximate surface area is 114 Å². The van der Waals surface area contributed by atoms with E-state index in [1.807, 2.05) is 0 Å². The summed E-state index contributed by atoms with van der Waals surface area (Å²) in [6.07, 6.45) is 4.98. The average molecular weight is 292 g/mol. The Hall–Kier alpha value is -0.905. The molecular formula is C13H17BF4S. The Morgan fingerprint density at radius 3 is 1.95 bits per heavy atom. The van der Waals surface area contributed by atoms with Gasteiger partial charge in [0.25, 0.3) is 0 Å². The highest BCUT2D eigenvalue weighted by Gasteiger charge is 2.32. The molecule has 1 aliphatic heterocycles. The molecule has 2 rings (SSSR count). The van der Waals surface area contributed by atoms with Gasteiger partial charge in [-0.2, -0.15) is 0 Å². The van der Waals surface area contributed by atoms with Crippen molar-refractivity contribution >= 4 is 18.1 Å². The second-order valence-electron chi connectivity index (χ2n) is 4.21. The second-order valence-corrected chi connectivity index (χ2v) is 6.61. The van der Waals surface area contributed by atoms with Crippen molar-refractivity contribution < 1.29 is 17.3 Å². The van der Waals surface area contributed by atoms with Gasteiger partial charge in [0.2, 0.25) is 0 Å². The van der Waals surface area contributed by atoms with E-state index >= 15 is 0 Å². The molecule has 0 amide bonds. The molecule has 1 heterocycles. The summed E-state index contributed by atoms with van der Waals surface area (Å²) in [7, 11) is -5.43. The number of hydrogen-bond donors (Lipinski definition) is 0. The van der Waals surface area contributed by atoms with Gasteiger partial charge in [-0.25, -0.2) is 0 Å². The molecule has 0 bridgehead atoms. The molecule has 19 heavy (non-hydrogen) atoms. The van der Waals surface area contributed by atoms with E-state index in [2.05, 4.69) is 43.0 Å². The first-order valence-electron chi connectivity index (χ1n) is 6.13. The first-order valence-corrected chi connectivity index (χ1v) is 7.75. The summed E-state index contributed by atoms with van der Waals surface area (Å²) >= 11 is 0. The second kappa shape index (κ2) is 7.63. The van der Waals surface area contributed by atoms with Gasteiger partial charge in [-0.05, 0) is 29.8 Å². The number of rotatable bonds is 3. The molecule has 1 atom stereocenters. The van der Waals surface area contributed by atoms with Gasteiger partial charge in [0.1, 0.15) is 11.5 Å². The fourth-order valence-corrected chi connectivity index (χ4v) is 4.71. The van der Waals surface area contributed by atoms with E-state index < -0.39 is 7.25 Å². The lowest BCUT2D eigenvalue weighted by atomic mass is 10.1. The molecule has 0 spiro atoms. The molecule has 1 unspecified atom stereocenters. The summed E-state index contributed by atoms with van der Waals surface area (Å²) in [4.78, 5) is 0. The van der Waals surface area contributed by atoms with Crippen molar-refractivity contribution in [2.45, 2.75) is 18.1 Å². The maximum absolute atomic E-state index is 9.75. The topological polar surface area (TPSA) is 0 Å². The molecular weight excluding hydrogens is 275 g/mol. The molecule has 1 fully saturated rings. The van der Waals surface area contributed by atoms with Crippen LogP contribution in [0.25, 0.3) is 0 Å². The minimum Gasteiger partial charge on any atom is -0.418 e.